The van der Waals surface area contributed by atoms with Crippen LogP contribution < -0.4 is 5.32 Å². The molecule has 1 N–H and O–H groups in total. The highest BCUT2D eigenvalue weighted by Crippen LogP contribution is 2.31. The van der Waals surface area contributed by atoms with Gasteiger partial charge in [-0.05, 0) is 50.4 Å². The van der Waals surface area contributed by atoms with Gasteiger partial charge < -0.3 is 5.32 Å². The van der Waals surface area contributed by atoms with E-state index in [-0.39, 0.29) is 5.82 Å². The lowest BCUT2D eigenvalue weighted by molar-refractivity contribution is -0.137. The van der Waals surface area contributed by atoms with E-state index in [0.29, 0.717) is 29.4 Å². The molecule has 3 rings (SSSR count). The van der Waals surface area contributed by atoms with Gasteiger partial charge in [-0.3, -0.25) is 0 Å². The SMILES string of the molecule is N#Cc1nc(CCCNC2CC2)cc(-c2cccc(C(F)(F)F)c2)n1. The van der Waals surface area contributed by atoms with Gasteiger partial charge in [-0.1, -0.05) is 12.1 Å². The molecule has 4 nitrogen and oxygen atoms in total. The molecule has 0 unspecified atom stereocenters. The number of aromatic nitrogens is 2. The molecule has 0 radical (unpaired) electrons. The zero-order chi connectivity index (χ0) is 17.9. The van der Waals surface area contributed by atoms with Crippen molar-refractivity contribution in [2.75, 3.05) is 6.54 Å². The number of hydrogen-bond donors (Lipinski definition) is 1. The largest absolute Gasteiger partial charge is 0.416 e. The molecule has 1 saturated carbocycles. The summed E-state index contributed by atoms with van der Waals surface area (Å²) in [5.41, 5.74) is 0.586. The highest BCUT2D eigenvalue weighted by Gasteiger charge is 2.30. The quantitative estimate of drug-likeness (QED) is 0.810. The van der Waals surface area contributed by atoms with E-state index in [9.17, 15) is 13.2 Å². The van der Waals surface area contributed by atoms with Crippen molar-refractivity contribution >= 4 is 0 Å². The van der Waals surface area contributed by atoms with Gasteiger partial charge in [0.05, 0.1) is 11.3 Å². The maximum atomic E-state index is 12.9. The molecule has 1 heterocycles. The van der Waals surface area contributed by atoms with Crippen LogP contribution in [-0.2, 0) is 12.6 Å². The topological polar surface area (TPSA) is 61.6 Å². The summed E-state index contributed by atoms with van der Waals surface area (Å²) in [4.78, 5) is 8.22. The second kappa shape index (κ2) is 7.19. The third-order valence-electron chi connectivity index (χ3n) is 3.98. The van der Waals surface area contributed by atoms with Crippen LogP contribution in [0.5, 0.6) is 0 Å². The van der Waals surface area contributed by atoms with Crippen LogP contribution in [0.25, 0.3) is 11.3 Å². The van der Waals surface area contributed by atoms with Crippen LogP contribution in [0.15, 0.2) is 30.3 Å². The first kappa shape index (κ1) is 17.4. The minimum absolute atomic E-state index is 0.0277. The molecule has 0 aliphatic heterocycles. The van der Waals surface area contributed by atoms with E-state index in [1.807, 2.05) is 6.07 Å². The minimum Gasteiger partial charge on any atom is -0.314 e. The molecule has 7 heteroatoms. The van der Waals surface area contributed by atoms with Crippen molar-refractivity contribution < 1.29 is 13.2 Å². The van der Waals surface area contributed by atoms with E-state index in [4.69, 9.17) is 5.26 Å². The molecular formula is C18H17F3N4. The minimum atomic E-state index is -4.42. The van der Waals surface area contributed by atoms with Crippen molar-refractivity contribution in [3.05, 3.63) is 47.4 Å². The van der Waals surface area contributed by atoms with E-state index < -0.39 is 11.7 Å². The summed E-state index contributed by atoms with van der Waals surface area (Å²) in [5.74, 6) is -0.0277. The van der Waals surface area contributed by atoms with Crippen molar-refractivity contribution in [3.63, 3.8) is 0 Å². The average molecular weight is 346 g/mol. The highest BCUT2D eigenvalue weighted by molar-refractivity contribution is 5.61. The van der Waals surface area contributed by atoms with Gasteiger partial charge in [-0.25, -0.2) is 9.97 Å². The third-order valence-corrected chi connectivity index (χ3v) is 3.98. The summed E-state index contributed by atoms with van der Waals surface area (Å²) < 4.78 is 38.7. The van der Waals surface area contributed by atoms with Crippen LogP contribution in [0.2, 0.25) is 0 Å². The fourth-order valence-corrected chi connectivity index (χ4v) is 2.54. The number of halogens is 3. The van der Waals surface area contributed by atoms with Crippen LogP contribution in [0.3, 0.4) is 0 Å². The fraction of sp³-hybridized carbons (Fsp3) is 0.389. The van der Waals surface area contributed by atoms with Gasteiger partial charge in [0, 0.05) is 17.3 Å². The fourth-order valence-electron chi connectivity index (χ4n) is 2.54. The lowest BCUT2D eigenvalue weighted by atomic mass is 10.1. The van der Waals surface area contributed by atoms with Crippen LogP contribution in [0.1, 0.15) is 36.3 Å². The number of rotatable bonds is 6. The van der Waals surface area contributed by atoms with Crippen LogP contribution in [0, 0.1) is 11.3 Å². The van der Waals surface area contributed by atoms with Gasteiger partial charge in [0.1, 0.15) is 6.07 Å². The Morgan fingerprint density at radius 2 is 2.00 bits per heavy atom. The van der Waals surface area contributed by atoms with Crippen molar-refractivity contribution in [1.82, 2.24) is 15.3 Å². The van der Waals surface area contributed by atoms with Crippen LogP contribution in [0.4, 0.5) is 13.2 Å². The van der Waals surface area contributed by atoms with E-state index in [1.54, 1.807) is 12.1 Å². The van der Waals surface area contributed by atoms with E-state index in [1.165, 1.54) is 18.9 Å². The van der Waals surface area contributed by atoms with Gasteiger partial charge in [-0.2, -0.15) is 18.4 Å². The molecule has 25 heavy (non-hydrogen) atoms. The smallest absolute Gasteiger partial charge is 0.314 e. The predicted molar refractivity (Wildman–Crippen MR) is 86.5 cm³/mol. The van der Waals surface area contributed by atoms with Gasteiger partial charge in [-0.15, -0.1) is 0 Å². The summed E-state index contributed by atoms with van der Waals surface area (Å²) in [6.07, 6.45) is -0.501. The number of nitrogens with zero attached hydrogens (tertiary/aromatic N) is 3. The number of nitrogens with one attached hydrogen (secondary N) is 1. The van der Waals surface area contributed by atoms with Gasteiger partial charge >= 0.3 is 6.18 Å². The molecule has 130 valence electrons. The first-order valence-electron chi connectivity index (χ1n) is 8.15. The molecule has 2 aromatic rings. The molecule has 1 fully saturated rings. The highest BCUT2D eigenvalue weighted by atomic mass is 19.4. The zero-order valence-electron chi connectivity index (χ0n) is 13.5. The van der Waals surface area contributed by atoms with Gasteiger partial charge in [0.2, 0.25) is 5.82 Å². The molecule has 0 spiro atoms. The van der Waals surface area contributed by atoms with Crippen molar-refractivity contribution in [2.24, 2.45) is 0 Å². The first-order chi connectivity index (χ1) is 12.0. The molecule has 1 aromatic carbocycles. The number of benzene rings is 1. The molecule has 0 saturated heterocycles. The summed E-state index contributed by atoms with van der Waals surface area (Å²) in [5, 5.41) is 12.5. The third kappa shape index (κ3) is 4.77. The number of hydrogen-bond acceptors (Lipinski definition) is 4. The molecular weight excluding hydrogens is 329 g/mol. The Bertz CT molecular complexity index is 792. The van der Waals surface area contributed by atoms with E-state index in [0.717, 1.165) is 25.1 Å². The first-order valence-corrected chi connectivity index (χ1v) is 8.15. The summed E-state index contributed by atoms with van der Waals surface area (Å²) in [6, 6.07) is 9.12. The molecule has 1 aliphatic rings. The maximum absolute atomic E-state index is 12.9. The summed E-state index contributed by atoms with van der Waals surface area (Å²) >= 11 is 0. The summed E-state index contributed by atoms with van der Waals surface area (Å²) in [7, 11) is 0. The normalized spacial score (nSPS) is 14.3. The Balaban J connectivity index is 1.80. The lowest BCUT2D eigenvalue weighted by Crippen LogP contribution is -2.18. The van der Waals surface area contributed by atoms with Gasteiger partial charge in [0.25, 0.3) is 0 Å². The average Bonchev–Trinajstić information content (AvgIpc) is 3.42. The summed E-state index contributed by atoms with van der Waals surface area (Å²) in [6.45, 7) is 0.857. The molecule has 0 bridgehead atoms. The second-order valence-electron chi connectivity index (χ2n) is 6.09. The molecule has 1 aliphatic carbocycles. The van der Waals surface area contributed by atoms with E-state index in [2.05, 4.69) is 15.3 Å². The lowest BCUT2D eigenvalue weighted by Gasteiger charge is -2.09. The molecule has 0 atom stereocenters. The Kier molecular flexibility index (Phi) is 5.00. The molecule has 1 aromatic heterocycles. The number of alkyl halides is 3. The Labute approximate surface area is 143 Å². The Hall–Kier alpha value is -2.46. The number of nitriles is 1. The Morgan fingerprint density at radius 3 is 2.68 bits per heavy atom. The van der Waals surface area contributed by atoms with Crippen molar-refractivity contribution in [1.29, 1.82) is 5.26 Å². The number of aryl methyl sites for hydroxylation is 1. The molecule has 0 amide bonds. The monoisotopic (exact) mass is 346 g/mol. The second-order valence-corrected chi connectivity index (χ2v) is 6.09. The van der Waals surface area contributed by atoms with Crippen LogP contribution >= 0.6 is 0 Å². The predicted octanol–water partition coefficient (Wildman–Crippen LogP) is 3.72. The standard InChI is InChI=1S/C18H17F3N4/c19-18(20,21)13-4-1-3-12(9-13)16-10-15(24-17(11-22)25-16)5-2-8-23-14-6-7-14/h1,3-4,9-10,14,23H,2,5-8H2. The Morgan fingerprint density at radius 1 is 1.20 bits per heavy atom. The maximum Gasteiger partial charge on any atom is 0.416 e. The van der Waals surface area contributed by atoms with Crippen LogP contribution in [-0.4, -0.2) is 22.6 Å². The van der Waals surface area contributed by atoms with Crippen molar-refractivity contribution in [2.45, 2.75) is 37.9 Å². The van der Waals surface area contributed by atoms with Crippen molar-refractivity contribution in [3.8, 4) is 17.3 Å². The zero-order valence-corrected chi connectivity index (χ0v) is 13.5. The van der Waals surface area contributed by atoms with Gasteiger partial charge in [0.15, 0.2) is 0 Å². The van der Waals surface area contributed by atoms with E-state index >= 15 is 0 Å².